The molecule has 1 atom stereocenters. The van der Waals surface area contributed by atoms with Crippen LogP contribution < -0.4 is 0 Å². The normalized spacial score (nSPS) is 13.6. The first kappa shape index (κ1) is 18.1. The minimum absolute atomic E-state index is 0.297. The highest BCUT2D eigenvalue weighted by atomic mass is 31.2. The number of ether oxygens (including phenoxy) is 1. The first-order chi connectivity index (χ1) is 8.76. The summed E-state index contributed by atoms with van der Waals surface area (Å²) in [5.41, 5.74) is -0.0163. The lowest BCUT2D eigenvalue weighted by molar-refractivity contribution is -0.146. The summed E-state index contributed by atoms with van der Waals surface area (Å²) < 4.78 is 27.1. The van der Waals surface area contributed by atoms with E-state index in [0.29, 0.717) is 0 Å². The molecule has 0 amide bonds. The van der Waals surface area contributed by atoms with Crippen LogP contribution in [0.2, 0.25) is 0 Å². The van der Waals surface area contributed by atoms with E-state index in [4.69, 9.17) is 13.8 Å². The van der Waals surface area contributed by atoms with Crippen molar-refractivity contribution in [3.63, 3.8) is 0 Å². The molecule has 0 rings (SSSR count). The first-order valence-electron chi connectivity index (χ1n) is 6.00. The van der Waals surface area contributed by atoms with Crippen molar-refractivity contribution in [1.29, 1.82) is 0 Å². The van der Waals surface area contributed by atoms with Gasteiger partial charge < -0.3 is 13.8 Å². The Bertz CT molecular complexity index is 386. The summed E-state index contributed by atoms with van der Waals surface area (Å²) >= 11 is 0. The number of allylic oxidation sites excluding steroid dienone is 3. The van der Waals surface area contributed by atoms with E-state index in [9.17, 15) is 9.36 Å². The van der Waals surface area contributed by atoms with Gasteiger partial charge in [0.05, 0.1) is 6.10 Å². The van der Waals surface area contributed by atoms with Crippen molar-refractivity contribution in [2.24, 2.45) is 0 Å². The Kier molecular flexibility index (Phi) is 7.91. The third kappa shape index (κ3) is 6.19. The van der Waals surface area contributed by atoms with Gasteiger partial charge in [0, 0.05) is 14.2 Å². The third-order valence-electron chi connectivity index (χ3n) is 2.17. The van der Waals surface area contributed by atoms with Gasteiger partial charge in [0.25, 0.3) is 0 Å². The standard InChI is InChI=1S/C13H23O5P/c1-10(2)8-7-9-12(13(14)18-11(3)4)19(15,16-5)17-6/h7-9,11-12H,1-6H3/b9-7+. The molecule has 110 valence electrons. The second-order valence-corrected chi connectivity index (χ2v) is 6.83. The van der Waals surface area contributed by atoms with Crippen LogP contribution in [-0.2, 0) is 23.1 Å². The smallest absolute Gasteiger partial charge is 0.348 e. The zero-order valence-corrected chi connectivity index (χ0v) is 13.3. The molecule has 19 heavy (non-hydrogen) atoms. The average Bonchev–Trinajstić information content (AvgIpc) is 2.32. The zero-order valence-electron chi connectivity index (χ0n) is 12.4. The molecule has 0 aliphatic heterocycles. The van der Waals surface area contributed by atoms with Crippen LogP contribution in [0.4, 0.5) is 0 Å². The molecule has 0 aliphatic carbocycles. The van der Waals surface area contributed by atoms with Crippen molar-refractivity contribution in [3.05, 3.63) is 23.8 Å². The summed E-state index contributed by atoms with van der Waals surface area (Å²) in [7, 11) is -1.06. The van der Waals surface area contributed by atoms with E-state index < -0.39 is 19.2 Å². The zero-order chi connectivity index (χ0) is 15.1. The van der Waals surface area contributed by atoms with Crippen LogP contribution in [0.5, 0.6) is 0 Å². The van der Waals surface area contributed by atoms with Crippen molar-refractivity contribution in [3.8, 4) is 0 Å². The molecule has 0 spiro atoms. The second-order valence-electron chi connectivity index (χ2n) is 4.46. The van der Waals surface area contributed by atoms with Crippen LogP contribution in [0.15, 0.2) is 23.8 Å². The molecule has 0 aromatic carbocycles. The number of hydrogen-bond acceptors (Lipinski definition) is 5. The lowest BCUT2D eigenvalue weighted by Gasteiger charge is -2.21. The Morgan fingerprint density at radius 2 is 1.68 bits per heavy atom. The van der Waals surface area contributed by atoms with E-state index in [1.807, 2.05) is 13.8 Å². The number of hydrogen-bond donors (Lipinski definition) is 0. The molecule has 0 bridgehead atoms. The SMILES string of the molecule is COP(=O)(OC)C(/C=C/C=C(C)C)C(=O)OC(C)C. The quantitative estimate of drug-likeness (QED) is 0.409. The largest absolute Gasteiger partial charge is 0.462 e. The van der Waals surface area contributed by atoms with Gasteiger partial charge in [-0.25, -0.2) is 0 Å². The van der Waals surface area contributed by atoms with Gasteiger partial charge in [-0.05, 0) is 27.7 Å². The summed E-state index contributed by atoms with van der Waals surface area (Å²) in [5.74, 6) is -0.625. The highest BCUT2D eigenvalue weighted by Crippen LogP contribution is 2.52. The molecule has 5 nitrogen and oxygen atoms in total. The molecule has 0 aliphatic rings. The van der Waals surface area contributed by atoms with Crippen molar-refractivity contribution in [1.82, 2.24) is 0 Å². The van der Waals surface area contributed by atoms with Crippen LogP contribution in [0, 0.1) is 0 Å². The summed E-state index contributed by atoms with van der Waals surface area (Å²) in [6.45, 7) is 7.27. The van der Waals surface area contributed by atoms with Crippen LogP contribution in [0.3, 0.4) is 0 Å². The molecule has 0 aromatic heterocycles. The first-order valence-corrected chi connectivity index (χ1v) is 7.61. The molecular formula is C13H23O5P. The molecule has 0 saturated heterocycles. The second kappa shape index (κ2) is 8.31. The lowest BCUT2D eigenvalue weighted by atomic mass is 10.3. The number of carbonyl (C=O) groups excluding carboxylic acids is 1. The summed E-state index contributed by atoms with van der Waals surface area (Å²) in [4.78, 5) is 12.0. The highest BCUT2D eigenvalue weighted by molar-refractivity contribution is 7.56. The van der Waals surface area contributed by atoms with Crippen LogP contribution in [-0.4, -0.2) is 32.0 Å². The van der Waals surface area contributed by atoms with E-state index in [0.717, 1.165) is 5.57 Å². The Morgan fingerprint density at radius 3 is 2.05 bits per heavy atom. The number of esters is 1. The van der Waals surface area contributed by atoms with E-state index in [1.54, 1.807) is 26.0 Å². The molecule has 6 heteroatoms. The summed E-state index contributed by atoms with van der Waals surface area (Å²) in [6, 6.07) is 0. The van der Waals surface area contributed by atoms with E-state index in [1.165, 1.54) is 20.3 Å². The predicted molar refractivity (Wildman–Crippen MR) is 75.2 cm³/mol. The molecule has 0 aromatic rings. The highest BCUT2D eigenvalue weighted by Gasteiger charge is 2.39. The minimum Gasteiger partial charge on any atom is -0.462 e. The van der Waals surface area contributed by atoms with Gasteiger partial charge in [0.1, 0.15) is 0 Å². The predicted octanol–water partition coefficient (Wildman–Crippen LogP) is 3.31. The summed E-state index contributed by atoms with van der Waals surface area (Å²) in [5, 5.41) is 0. The van der Waals surface area contributed by atoms with Crippen molar-refractivity contribution in [2.45, 2.75) is 39.5 Å². The Morgan fingerprint density at radius 1 is 1.16 bits per heavy atom. The van der Waals surface area contributed by atoms with Crippen molar-refractivity contribution >= 4 is 13.6 Å². The summed E-state index contributed by atoms with van der Waals surface area (Å²) in [6.07, 6.45) is 4.62. The maximum absolute atomic E-state index is 12.3. The molecule has 0 N–H and O–H groups in total. The van der Waals surface area contributed by atoms with Gasteiger partial charge in [-0.3, -0.25) is 9.36 Å². The van der Waals surface area contributed by atoms with Gasteiger partial charge in [-0.15, -0.1) is 0 Å². The lowest BCUT2D eigenvalue weighted by Crippen LogP contribution is -2.25. The van der Waals surface area contributed by atoms with Crippen LogP contribution in [0.1, 0.15) is 27.7 Å². The fraction of sp³-hybridized carbons (Fsp3) is 0.615. The van der Waals surface area contributed by atoms with E-state index in [2.05, 4.69) is 0 Å². The van der Waals surface area contributed by atoms with Gasteiger partial charge in [-0.1, -0.05) is 23.8 Å². The van der Waals surface area contributed by atoms with Crippen molar-refractivity contribution < 1.29 is 23.1 Å². The van der Waals surface area contributed by atoms with Crippen LogP contribution >= 0.6 is 7.60 Å². The number of carbonyl (C=O) groups is 1. The van der Waals surface area contributed by atoms with E-state index >= 15 is 0 Å². The molecule has 1 unspecified atom stereocenters. The van der Waals surface area contributed by atoms with Gasteiger partial charge in [0.2, 0.25) is 0 Å². The fourth-order valence-corrected chi connectivity index (χ4v) is 2.50. The van der Waals surface area contributed by atoms with Gasteiger partial charge >= 0.3 is 13.6 Å². The molecule has 0 fully saturated rings. The molecule has 0 saturated carbocycles. The Balaban J connectivity index is 5.25. The van der Waals surface area contributed by atoms with Crippen LogP contribution in [0.25, 0.3) is 0 Å². The number of rotatable bonds is 7. The average molecular weight is 290 g/mol. The Labute approximate surface area is 115 Å². The maximum atomic E-state index is 12.3. The third-order valence-corrected chi connectivity index (χ3v) is 4.25. The van der Waals surface area contributed by atoms with Gasteiger partial charge in [-0.2, -0.15) is 0 Å². The van der Waals surface area contributed by atoms with Gasteiger partial charge in [0.15, 0.2) is 5.66 Å². The van der Waals surface area contributed by atoms with Crippen molar-refractivity contribution in [2.75, 3.05) is 14.2 Å². The fourth-order valence-electron chi connectivity index (χ4n) is 1.27. The maximum Gasteiger partial charge on any atom is 0.348 e. The van der Waals surface area contributed by atoms with E-state index in [-0.39, 0.29) is 6.10 Å². The molecular weight excluding hydrogens is 267 g/mol. The molecule has 0 heterocycles. The monoisotopic (exact) mass is 290 g/mol. The molecule has 0 radical (unpaired) electrons. The Hall–Kier alpha value is -0.900. The minimum atomic E-state index is -3.55. The topological polar surface area (TPSA) is 61.8 Å².